The summed E-state index contributed by atoms with van der Waals surface area (Å²) in [6.07, 6.45) is 0. The average molecular weight is 341 g/mol. The van der Waals surface area contributed by atoms with Crippen LogP contribution < -0.4 is 5.73 Å². The van der Waals surface area contributed by atoms with E-state index in [0.29, 0.717) is 18.7 Å². The number of carbonyl (C=O) groups is 2. The van der Waals surface area contributed by atoms with E-state index in [2.05, 4.69) is 0 Å². The second kappa shape index (κ2) is 7.56. The predicted molar refractivity (Wildman–Crippen MR) is 87.4 cm³/mol. The second-order valence-corrected chi connectivity index (χ2v) is 7.21. The summed E-state index contributed by atoms with van der Waals surface area (Å²) in [5.41, 5.74) is 5.99. The highest BCUT2D eigenvalue weighted by atomic mass is 32.2. The molecule has 0 heterocycles. The molecule has 0 aliphatic heterocycles. The monoisotopic (exact) mass is 341 g/mol. The SMILES string of the molecule is CCN(CC)C(=O)CN(C)S(=O)(=O)c1ccc(C)c(C(N)=O)c1. The van der Waals surface area contributed by atoms with Gasteiger partial charge in [0.25, 0.3) is 0 Å². The van der Waals surface area contributed by atoms with Crippen molar-refractivity contribution in [1.29, 1.82) is 0 Å². The summed E-state index contributed by atoms with van der Waals surface area (Å²) in [6, 6.07) is 4.16. The van der Waals surface area contributed by atoms with Gasteiger partial charge in [0.05, 0.1) is 11.4 Å². The third kappa shape index (κ3) is 4.29. The standard InChI is InChI=1S/C15H23N3O4S/c1-5-18(6-2)14(19)10-17(4)23(21,22)12-8-7-11(3)13(9-12)15(16)20/h7-9H,5-6,10H2,1-4H3,(H2,16,20). The van der Waals surface area contributed by atoms with Crippen molar-refractivity contribution in [2.24, 2.45) is 5.73 Å². The van der Waals surface area contributed by atoms with Gasteiger partial charge in [0.15, 0.2) is 0 Å². The fourth-order valence-corrected chi connectivity index (χ4v) is 3.31. The van der Waals surface area contributed by atoms with Gasteiger partial charge in [-0.25, -0.2) is 8.42 Å². The van der Waals surface area contributed by atoms with Crippen molar-refractivity contribution in [3.8, 4) is 0 Å². The quantitative estimate of drug-likeness (QED) is 0.784. The molecule has 1 aromatic rings. The molecule has 0 saturated carbocycles. The van der Waals surface area contributed by atoms with Gasteiger partial charge in [0.1, 0.15) is 0 Å². The number of rotatable bonds is 7. The zero-order valence-electron chi connectivity index (χ0n) is 13.9. The van der Waals surface area contributed by atoms with E-state index in [1.165, 1.54) is 25.2 Å². The van der Waals surface area contributed by atoms with Crippen LogP contribution in [0.2, 0.25) is 0 Å². The number of nitrogens with two attached hydrogens (primary N) is 1. The molecule has 8 heteroatoms. The normalized spacial score (nSPS) is 11.5. The van der Waals surface area contributed by atoms with Gasteiger partial charge >= 0.3 is 0 Å². The molecule has 1 rings (SSSR count). The second-order valence-electron chi connectivity index (χ2n) is 5.17. The Kier molecular flexibility index (Phi) is 6.28. The Morgan fingerprint density at radius 2 is 1.74 bits per heavy atom. The summed E-state index contributed by atoms with van der Waals surface area (Å²) in [5, 5.41) is 0. The van der Waals surface area contributed by atoms with E-state index in [9.17, 15) is 18.0 Å². The first-order valence-electron chi connectivity index (χ1n) is 7.29. The summed E-state index contributed by atoms with van der Waals surface area (Å²) in [7, 11) is -2.54. The molecule has 0 aliphatic carbocycles. The van der Waals surface area contributed by atoms with Crippen LogP contribution in [0.5, 0.6) is 0 Å². The van der Waals surface area contributed by atoms with Gasteiger partial charge in [-0.1, -0.05) is 6.07 Å². The molecule has 23 heavy (non-hydrogen) atoms. The van der Waals surface area contributed by atoms with Gasteiger partial charge in [-0.15, -0.1) is 0 Å². The van der Waals surface area contributed by atoms with Crippen LogP contribution in [0.3, 0.4) is 0 Å². The van der Waals surface area contributed by atoms with Gasteiger partial charge in [-0.2, -0.15) is 4.31 Å². The molecule has 7 nitrogen and oxygen atoms in total. The lowest BCUT2D eigenvalue weighted by molar-refractivity contribution is -0.130. The summed E-state index contributed by atoms with van der Waals surface area (Å²) < 4.78 is 26.1. The molecule has 1 aromatic carbocycles. The fourth-order valence-electron chi connectivity index (χ4n) is 2.16. The Labute approximate surface area is 137 Å². The lowest BCUT2D eigenvalue weighted by atomic mass is 10.1. The van der Waals surface area contributed by atoms with Crippen LogP contribution in [-0.4, -0.2) is 56.1 Å². The number of hydrogen-bond acceptors (Lipinski definition) is 4. The highest BCUT2D eigenvalue weighted by Crippen LogP contribution is 2.18. The summed E-state index contributed by atoms with van der Waals surface area (Å²) >= 11 is 0. The summed E-state index contributed by atoms with van der Waals surface area (Å²) in [6.45, 7) is 6.09. The first-order chi connectivity index (χ1) is 10.6. The Morgan fingerprint density at radius 1 is 1.17 bits per heavy atom. The topological polar surface area (TPSA) is 101 Å². The van der Waals surface area contributed by atoms with Crippen molar-refractivity contribution in [3.05, 3.63) is 29.3 Å². The van der Waals surface area contributed by atoms with Crippen LogP contribution in [0.15, 0.2) is 23.1 Å². The molecule has 0 aromatic heterocycles. The van der Waals surface area contributed by atoms with Gasteiger partial charge in [0.2, 0.25) is 21.8 Å². The molecule has 2 amide bonds. The van der Waals surface area contributed by atoms with Crippen molar-refractivity contribution in [2.75, 3.05) is 26.7 Å². The molecule has 0 radical (unpaired) electrons. The van der Waals surface area contributed by atoms with Crippen molar-refractivity contribution < 1.29 is 18.0 Å². The molecular weight excluding hydrogens is 318 g/mol. The first-order valence-corrected chi connectivity index (χ1v) is 8.73. The summed E-state index contributed by atoms with van der Waals surface area (Å²) in [5.74, 6) is -0.968. The number of benzene rings is 1. The number of aryl methyl sites for hydroxylation is 1. The minimum absolute atomic E-state index is 0.0632. The lowest BCUT2D eigenvalue weighted by Crippen LogP contribution is -2.41. The highest BCUT2D eigenvalue weighted by molar-refractivity contribution is 7.89. The first kappa shape index (κ1) is 19.1. The van der Waals surface area contributed by atoms with E-state index >= 15 is 0 Å². The van der Waals surface area contributed by atoms with Gasteiger partial charge in [-0.05, 0) is 38.5 Å². The molecule has 0 unspecified atom stereocenters. The third-order valence-electron chi connectivity index (χ3n) is 3.66. The average Bonchev–Trinajstić information content (AvgIpc) is 2.48. The van der Waals surface area contributed by atoms with E-state index < -0.39 is 15.9 Å². The maximum atomic E-state index is 12.6. The Balaban J connectivity index is 3.09. The highest BCUT2D eigenvalue weighted by Gasteiger charge is 2.25. The summed E-state index contributed by atoms with van der Waals surface area (Å²) in [4.78, 5) is 24.9. The van der Waals surface area contributed by atoms with Crippen LogP contribution in [0.25, 0.3) is 0 Å². The van der Waals surface area contributed by atoms with E-state index in [-0.39, 0.29) is 22.9 Å². The number of amides is 2. The number of nitrogens with zero attached hydrogens (tertiary/aromatic N) is 2. The minimum Gasteiger partial charge on any atom is -0.366 e. The van der Waals surface area contributed by atoms with Crippen molar-refractivity contribution in [1.82, 2.24) is 9.21 Å². The third-order valence-corrected chi connectivity index (χ3v) is 5.46. The van der Waals surface area contributed by atoms with Gasteiger partial charge in [0, 0.05) is 25.7 Å². The molecule has 0 bridgehead atoms. The molecule has 0 fully saturated rings. The van der Waals surface area contributed by atoms with Crippen LogP contribution in [-0.2, 0) is 14.8 Å². The molecule has 0 atom stereocenters. The molecule has 2 N–H and O–H groups in total. The number of hydrogen-bond donors (Lipinski definition) is 1. The maximum absolute atomic E-state index is 12.6. The molecule has 0 spiro atoms. The number of sulfonamides is 1. The van der Waals surface area contributed by atoms with Crippen LogP contribution in [0.1, 0.15) is 29.8 Å². The lowest BCUT2D eigenvalue weighted by Gasteiger charge is -2.23. The van der Waals surface area contributed by atoms with Crippen molar-refractivity contribution in [2.45, 2.75) is 25.7 Å². The predicted octanol–water partition coefficient (Wildman–Crippen LogP) is 0.583. The van der Waals surface area contributed by atoms with Crippen LogP contribution >= 0.6 is 0 Å². The number of likely N-dealkylation sites (N-methyl/N-ethyl adjacent to an activating group) is 2. The zero-order chi connectivity index (χ0) is 17.8. The van der Waals surface area contributed by atoms with Crippen LogP contribution in [0, 0.1) is 6.92 Å². The number of primary amides is 1. The van der Waals surface area contributed by atoms with Crippen molar-refractivity contribution in [3.63, 3.8) is 0 Å². The largest absolute Gasteiger partial charge is 0.366 e. The van der Waals surface area contributed by atoms with Crippen LogP contribution in [0.4, 0.5) is 0 Å². The minimum atomic E-state index is -3.88. The smallest absolute Gasteiger partial charge is 0.249 e. The van der Waals surface area contributed by atoms with Crippen molar-refractivity contribution >= 4 is 21.8 Å². The number of carbonyl (C=O) groups excluding carboxylic acids is 2. The fraction of sp³-hybridized carbons (Fsp3) is 0.467. The molecule has 0 aliphatic rings. The molecule has 0 saturated heterocycles. The maximum Gasteiger partial charge on any atom is 0.249 e. The van der Waals surface area contributed by atoms with E-state index in [4.69, 9.17) is 5.73 Å². The van der Waals surface area contributed by atoms with E-state index in [0.717, 1.165) is 4.31 Å². The van der Waals surface area contributed by atoms with E-state index in [1.807, 2.05) is 13.8 Å². The Bertz CT molecular complexity index is 697. The Hall–Kier alpha value is -1.93. The molecular formula is C15H23N3O4S. The Morgan fingerprint density at radius 3 is 2.22 bits per heavy atom. The molecule has 128 valence electrons. The van der Waals surface area contributed by atoms with E-state index in [1.54, 1.807) is 11.8 Å². The van der Waals surface area contributed by atoms with Gasteiger partial charge < -0.3 is 10.6 Å². The zero-order valence-corrected chi connectivity index (χ0v) is 14.7. The van der Waals surface area contributed by atoms with Gasteiger partial charge in [-0.3, -0.25) is 9.59 Å².